The number of para-hydroxylation sites is 1. The summed E-state index contributed by atoms with van der Waals surface area (Å²) in [4.78, 5) is 0. The Morgan fingerprint density at radius 3 is 2.24 bits per heavy atom. The largest absolute Gasteiger partial charge is 0.247 e. The van der Waals surface area contributed by atoms with E-state index in [1.54, 1.807) is 0 Å². The van der Waals surface area contributed by atoms with E-state index in [-0.39, 0.29) is 0 Å². The molecule has 0 saturated heterocycles. The number of hydrogen-bond acceptors (Lipinski definition) is 0. The van der Waals surface area contributed by atoms with Crippen LogP contribution in [0, 0.1) is 13.8 Å². The normalized spacial score (nSPS) is 12.3. The Morgan fingerprint density at radius 2 is 1.56 bits per heavy atom. The average molecular weight is 331 g/mol. The summed E-state index contributed by atoms with van der Waals surface area (Å²) in [6, 6.07) is 16.2. The third-order valence-corrected chi connectivity index (χ3v) is 5.36. The average Bonchev–Trinajstić information content (AvgIpc) is 2.91. The molecule has 0 aliphatic rings. The third-order valence-electron chi connectivity index (χ3n) is 5.36. The van der Waals surface area contributed by atoms with E-state index in [1.165, 1.54) is 44.0 Å². The van der Waals surface area contributed by atoms with E-state index in [4.69, 9.17) is 0 Å². The maximum atomic E-state index is 2.46. The molecule has 0 atom stereocenters. The number of rotatable bonds is 2. The van der Waals surface area contributed by atoms with Crippen LogP contribution in [0.5, 0.6) is 0 Å². The van der Waals surface area contributed by atoms with Crippen molar-refractivity contribution in [2.75, 3.05) is 0 Å². The van der Waals surface area contributed by atoms with Gasteiger partial charge in [-0.25, -0.2) is 0 Å². The molecular formula is C23H27N2+. The van der Waals surface area contributed by atoms with Crippen LogP contribution in [0.15, 0.2) is 42.5 Å². The summed E-state index contributed by atoms with van der Waals surface area (Å²) in [7, 11) is 0. The van der Waals surface area contributed by atoms with Crippen LogP contribution in [-0.2, 0) is 0 Å². The number of hydrogen-bond donors (Lipinski definition) is 0. The minimum atomic E-state index is 0.410. The Hall–Kier alpha value is -2.35. The van der Waals surface area contributed by atoms with Gasteiger partial charge in [-0.1, -0.05) is 42.6 Å². The van der Waals surface area contributed by atoms with Crippen molar-refractivity contribution in [3.05, 3.63) is 59.3 Å². The lowest BCUT2D eigenvalue weighted by Crippen LogP contribution is -2.36. The summed E-state index contributed by atoms with van der Waals surface area (Å²) >= 11 is 0. The molecule has 2 nitrogen and oxygen atoms in total. The molecule has 2 heterocycles. The van der Waals surface area contributed by atoms with Gasteiger partial charge >= 0.3 is 0 Å². The van der Waals surface area contributed by atoms with Crippen LogP contribution in [0.3, 0.4) is 0 Å². The highest BCUT2D eigenvalue weighted by atomic mass is 15.4. The summed E-state index contributed by atoms with van der Waals surface area (Å²) < 4.78 is 4.90. The van der Waals surface area contributed by atoms with Gasteiger partial charge in [-0.3, -0.25) is 0 Å². The van der Waals surface area contributed by atoms with Gasteiger partial charge in [0, 0.05) is 17.0 Å². The van der Waals surface area contributed by atoms with Crippen molar-refractivity contribution in [2.45, 2.75) is 53.5 Å². The molecule has 2 heteroatoms. The number of fused-ring (bicyclic) bond motifs is 6. The molecule has 25 heavy (non-hydrogen) atoms. The van der Waals surface area contributed by atoms with Crippen molar-refractivity contribution in [3.63, 3.8) is 0 Å². The molecule has 0 spiro atoms. The zero-order valence-electron chi connectivity index (χ0n) is 16.1. The molecule has 2 aromatic carbocycles. The van der Waals surface area contributed by atoms with Gasteiger partial charge in [0.15, 0.2) is 0 Å². The number of aromatic nitrogens is 2. The van der Waals surface area contributed by atoms with E-state index in [9.17, 15) is 0 Å². The molecule has 128 valence electrons. The van der Waals surface area contributed by atoms with Gasteiger partial charge in [0.05, 0.1) is 22.5 Å². The first-order chi connectivity index (χ1) is 11.9. The van der Waals surface area contributed by atoms with Gasteiger partial charge in [-0.05, 0) is 51.3 Å². The molecular weight excluding hydrogens is 304 g/mol. The van der Waals surface area contributed by atoms with E-state index < -0.39 is 0 Å². The Morgan fingerprint density at radius 1 is 0.880 bits per heavy atom. The Kier molecular flexibility index (Phi) is 3.61. The lowest BCUT2D eigenvalue weighted by atomic mass is 9.95. The molecule has 0 unspecified atom stereocenters. The maximum Gasteiger partial charge on any atom is 0.247 e. The highest BCUT2D eigenvalue weighted by Crippen LogP contribution is 2.33. The Balaban J connectivity index is 2.43. The van der Waals surface area contributed by atoms with Crippen molar-refractivity contribution in [1.29, 1.82) is 0 Å². The lowest BCUT2D eigenvalue weighted by molar-refractivity contribution is -0.586. The standard InChI is InChI=1S/C23H27N2/c1-14(2)18-10-8-12-20-22-16(5)9-7-11-19(22)21-13-17(6)24(15(3)4)25(21)23(18)20/h7-15H,1-6H3/q+1. The molecule has 0 aliphatic carbocycles. The van der Waals surface area contributed by atoms with Gasteiger partial charge in [0.25, 0.3) is 0 Å². The van der Waals surface area contributed by atoms with E-state index in [1.807, 2.05) is 0 Å². The van der Waals surface area contributed by atoms with Gasteiger partial charge < -0.3 is 0 Å². The first-order valence-electron chi connectivity index (χ1n) is 9.29. The highest BCUT2D eigenvalue weighted by molar-refractivity contribution is 6.11. The van der Waals surface area contributed by atoms with Crippen molar-refractivity contribution >= 4 is 27.2 Å². The Labute approximate surface area is 149 Å². The fraction of sp³-hybridized carbons (Fsp3) is 0.348. The molecule has 0 aliphatic heterocycles. The van der Waals surface area contributed by atoms with Gasteiger partial charge in [0.2, 0.25) is 11.0 Å². The van der Waals surface area contributed by atoms with Crippen LogP contribution < -0.4 is 4.52 Å². The van der Waals surface area contributed by atoms with Crippen LogP contribution in [-0.4, -0.2) is 4.68 Å². The van der Waals surface area contributed by atoms with Crippen LogP contribution in [0.4, 0.5) is 0 Å². The van der Waals surface area contributed by atoms with Crippen molar-refractivity contribution < 1.29 is 4.52 Å². The number of pyridine rings is 1. The molecule has 0 fully saturated rings. The zero-order valence-corrected chi connectivity index (χ0v) is 16.1. The van der Waals surface area contributed by atoms with Gasteiger partial charge in [0.1, 0.15) is 0 Å². The van der Waals surface area contributed by atoms with E-state index in [2.05, 4.69) is 93.2 Å². The number of nitrogens with zero attached hydrogens (tertiary/aromatic N) is 2. The fourth-order valence-corrected chi connectivity index (χ4v) is 4.36. The monoisotopic (exact) mass is 331 g/mol. The molecule has 4 rings (SSSR count). The predicted molar refractivity (Wildman–Crippen MR) is 107 cm³/mol. The van der Waals surface area contributed by atoms with E-state index in [0.717, 1.165) is 0 Å². The van der Waals surface area contributed by atoms with Crippen molar-refractivity contribution in [1.82, 2.24) is 4.68 Å². The van der Waals surface area contributed by atoms with Crippen LogP contribution in [0.1, 0.15) is 56.5 Å². The quantitative estimate of drug-likeness (QED) is 0.322. The minimum Gasteiger partial charge on any atom is -0.149 e. The van der Waals surface area contributed by atoms with Crippen molar-refractivity contribution in [3.8, 4) is 0 Å². The molecule has 0 amide bonds. The molecule has 0 N–H and O–H groups in total. The van der Waals surface area contributed by atoms with E-state index in [0.29, 0.717) is 12.0 Å². The molecule has 0 radical (unpaired) electrons. The summed E-state index contributed by atoms with van der Waals surface area (Å²) in [5.41, 5.74) is 6.74. The molecule has 0 bridgehead atoms. The second-order valence-corrected chi connectivity index (χ2v) is 7.82. The van der Waals surface area contributed by atoms with Gasteiger partial charge in [-0.2, -0.15) is 0 Å². The lowest BCUT2D eigenvalue weighted by Gasteiger charge is -2.13. The number of benzene rings is 2. The predicted octanol–water partition coefficient (Wildman–Crippen LogP) is 5.85. The van der Waals surface area contributed by atoms with Crippen LogP contribution in [0.2, 0.25) is 0 Å². The molecule has 0 saturated carbocycles. The second kappa shape index (κ2) is 5.59. The number of aryl methyl sites for hydroxylation is 2. The summed E-state index contributed by atoms with van der Waals surface area (Å²) in [5.74, 6) is 0.483. The van der Waals surface area contributed by atoms with Crippen LogP contribution >= 0.6 is 0 Å². The van der Waals surface area contributed by atoms with Gasteiger partial charge in [-0.15, -0.1) is 4.68 Å². The van der Waals surface area contributed by atoms with Crippen LogP contribution in [0.25, 0.3) is 27.2 Å². The Bertz CT molecular complexity index is 1110. The summed E-state index contributed by atoms with van der Waals surface area (Å²) in [6.45, 7) is 13.6. The van der Waals surface area contributed by atoms with Crippen molar-refractivity contribution in [2.24, 2.45) is 0 Å². The SMILES string of the molecule is Cc1cccc2c1c1cccc(C(C)C)c1[n+]1c2cc(C)n1C(C)C. The molecule has 2 aromatic heterocycles. The first kappa shape index (κ1) is 16.1. The fourth-order valence-electron chi connectivity index (χ4n) is 4.36. The smallest absolute Gasteiger partial charge is 0.149 e. The minimum absolute atomic E-state index is 0.410. The maximum absolute atomic E-state index is 2.46. The summed E-state index contributed by atoms with van der Waals surface area (Å²) in [5, 5.41) is 4.09. The first-order valence-corrected chi connectivity index (χ1v) is 9.29. The summed E-state index contributed by atoms with van der Waals surface area (Å²) in [6.07, 6.45) is 0. The topological polar surface area (TPSA) is 9.03 Å². The second-order valence-electron chi connectivity index (χ2n) is 7.82. The highest BCUT2D eigenvalue weighted by Gasteiger charge is 2.27. The zero-order chi connectivity index (χ0) is 17.9. The molecule has 4 aromatic rings. The van der Waals surface area contributed by atoms with E-state index >= 15 is 0 Å². The third kappa shape index (κ3) is 2.20.